The molecule has 2 rings (SSSR count). The standard InChI is InChI=1S/C19H28N4O/c1-14-13-17(20-11-6-12-24-5)23-18(21-14)22-16-9-7-15(8-10-16)19(2,3)4/h7-10,13H,6,11-12H2,1-5H3,(H2,20,21,22,23). The number of rotatable bonds is 7. The lowest BCUT2D eigenvalue weighted by atomic mass is 9.87. The first kappa shape index (κ1) is 18.2. The summed E-state index contributed by atoms with van der Waals surface area (Å²) in [5.74, 6) is 1.43. The van der Waals surface area contributed by atoms with E-state index in [1.807, 2.05) is 13.0 Å². The number of anilines is 3. The van der Waals surface area contributed by atoms with Crippen LogP contribution in [-0.2, 0) is 10.2 Å². The number of benzene rings is 1. The fraction of sp³-hybridized carbons (Fsp3) is 0.474. The maximum atomic E-state index is 5.05. The molecule has 0 atom stereocenters. The Kier molecular flexibility index (Phi) is 6.15. The molecule has 0 unspecified atom stereocenters. The van der Waals surface area contributed by atoms with E-state index in [1.54, 1.807) is 7.11 Å². The second-order valence-electron chi connectivity index (χ2n) is 6.94. The van der Waals surface area contributed by atoms with Crippen molar-refractivity contribution in [1.82, 2.24) is 9.97 Å². The summed E-state index contributed by atoms with van der Waals surface area (Å²) in [5.41, 5.74) is 3.36. The Morgan fingerprint density at radius 3 is 2.42 bits per heavy atom. The van der Waals surface area contributed by atoms with Gasteiger partial charge in [0, 0.05) is 37.7 Å². The summed E-state index contributed by atoms with van der Waals surface area (Å²) in [7, 11) is 1.71. The number of methoxy groups -OCH3 is 1. The molecule has 0 bridgehead atoms. The maximum absolute atomic E-state index is 5.05. The van der Waals surface area contributed by atoms with Gasteiger partial charge in [0.2, 0.25) is 5.95 Å². The zero-order valence-corrected chi connectivity index (χ0v) is 15.3. The maximum Gasteiger partial charge on any atom is 0.229 e. The molecule has 2 N–H and O–H groups in total. The van der Waals surface area contributed by atoms with Crippen molar-refractivity contribution in [2.24, 2.45) is 0 Å². The Hall–Kier alpha value is -2.14. The lowest BCUT2D eigenvalue weighted by Gasteiger charge is -2.19. The van der Waals surface area contributed by atoms with Crippen LogP contribution in [0.2, 0.25) is 0 Å². The molecule has 0 radical (unpaired) electrons. The normalized spacial score (nSPS) is 11.4. The van der Waals surface area contributed by atoms with Gasteiger partial charge in [0.25, 0.3) is 0 Å². The first-order chi connectivity index (χ1) is 11.4. The van der Waals surface area contributed by atoms with Gasteiger partial charge >= 0.3 is 0 Å². The molecule has 5 nitrogen and oxygen atoms in total. The Morgan fingerprint density at radius 1 is 1.08 bits per heavy atom. The van der Waals surface area contributed by atoms with Crippen molar-refractivity contribution in [3.05, 3.63) is 41.6 Å². The third-order valence-electron chi connectivity index (χ3n) is 3.69. The van der Waals surface area contributed by atoms with Gasteiger partial charge in [0.15, 0.2) is 0 Å². The van der Waals surface area contributed by atoms with Gasteiger partial charge in [0.05, 0.1) is 0 Å². The molecular weight excluding hydrogens is 300 g/mol. The van der Waals surface area contributed by atoms with Gasteiger partial charge in [-0.3, -0.25) is 0 Å². The molecule has 0 saturated heterocycles. The molecule has 0 fully saturated rings. The Balaban J connectivity index is 2.05. The van der Waals surface area contributed by atoms with Gasteiger partial charge in [-0.25, -0.2) is 4.98 Å². The van der Waals surface area contributed by atoms with E-state index >= 15 is 0 Å². The van der Waals surface area contributed by atoms with Gasteiger partial charge in [-0.05, 0) is 36.5 Å². The second kappa shape index (κ2) is 8.11. The smallest absolute Gasteiger partial charge is 0.229 e. The molecule has 0 saturated carbocycles. The van der Waals surface area contributed by atoms with E-state index in [0.29, 0.717) is 5.95 Å². The quantitative estimate of drug-likeness (QED) is 0.743. The second-order valence-corrected chi connectivity index (χ2v) is 6.94. The minimum Gasteiger partial charge on any atom is -0.385 e. The van der Waals surface area contributed by atoms with Gasteiger partial charge in [0.1, 0.15) is 5.82 Å². The number of hydrogen-bond acceptors (Lipinski definition) is 5. The lowest BCUT2D eigenvalue weighted by molar-refractivity contribution is 0.198. The van der Waals surface area contributed by atoms with Gasteiger partial charge in [-0.1, -0.05) is 32.9 Å². The predicted molar refractivity (Wildman–Crippen MR) is 100 cm³/mol. The highest BCUT2D eigenvalue weighted by atomic mass is 16.5. The number of ether oxygens (including phenoxy) is 1. The van der Waals surface area contributed by atoms with Gasteiger partial charge in [-0.2, -0.15) is 4.98 Å². The molecule has 24 heavy (non-hydrogen) atoms. The van der Waals surface area contributed by atoms with Crippen LogP contribution in [0.1, 0.15) is 38.4 Å². The average molecular weight is 328 g/mol. The summed E-state index contributed by atoms with van der Waals surface area (Å²) in [6.45, 7) is 10.2. The molecule has 0 aliphatic carbocycles. The van der Waals surface area contributed by atoms with Crippen molar-refractivity contribution in [3.63, 3.8) is 0 Å². The molecule has 0 aliphatic heterocycles. The SMILES string of the molecule is COCCCNc1cc(C)nc(Nc2ccc(C(C)(C)C)cc2)n1. The van der Waals surface area contributed by atoms with E-state index in [-0.39, 0.29) is 5.41 Å². The van der Waals surface area contributed by atoms with Crippen molar-refractivity contribution in [2.75, 3.05) is 30.9 Å². The Labute approximate surface area is 144 Å². The van der Waals surface area contributed by atoms with Crippen LogP contribution in [-0.4, -0.2) is 30.2 Å². The molecular formula is C19H28N4O. The van der Waals surface area contributed by atoms with Crippen LogP contribution in [0.15, 0.2) is 30.3 Å². The van der Waals surface area contributed by atoms with Crippen molar-refractivity contribution >= 4 is 17.5 Å². The highest BCUT2D eigenvalue weighted by Gasteiger charge is 2.13. The van der Waals surface area contributed by atoms with Gasteiger partial charge < -0.3 is 15.4 Å². The topological polar surface area (TPSA) is 59.1 Å². The third-order valence-corrected chi connectivity index (χ3v) is 3.69. The number of nitrogens with one attached hydrogen (secondary N) is 2. The summed E-state index contributed by atoms with van der Waals surface area (Å²) in [4.78, 5) is 8.98. The van der Waals surface area contributed by atoms with E-state index in [0.717, 1.165) is 36.8 Å². The van der Waals surface area contributed by atoms with E-state index in [2.05, 4.69) is 65.6 Å². The predicted octanol–water partition coefficient (Wildman–Crippen LogP) is 4.27. The first-order valence-electron chi connectivity index (χ1n) is 8.34. The number of aromatic nitrogens is 2. The van der Waals surface area contributed by atoms with E-state index < -0.39 is 0 Å². The monoisotopic (exact) mass is 328 g/mol. The molecule has 1 aromatic heterocycles. The average Bonchev–Trinajstić information content (AvgIpc) is 2.51. The molecule has 1 heterocycles. The zero-order valence-electron chi connectivity index (χ0n) is 15.3. The van der Waals surface area contributed by atoms with Crippen LogP contribution in [0.25, 0.3) is 0 Å². The molecule has 0 spiro atoms. The van der Waals surface area contributed by atoms with E-state index in [1.165, 1.54) is 5.56 Å². The van der Waals surface area contributed by atoms with E-state index in [4.69, 9.17) is 4.74 Å². The summed E-state index contributed by atoms with van der Waals surface area (Å²) in [5, 5.41) is 6.58. The fourth-order valence-corrected chi connectivity index (χ4v) is 2.33. The minimum atomic E-state index is 0.150. The van der Waals surface area contributed by atoms with E-state index in [9.17, 15) is 0 Å². The molecule has 0 amide bonds. The van der Waals surface area contributed by atoms with Crippen LogP contribution in [0.4, 0.5) is 17.5 Å². The summed E-state index contributed by atoms with van der Waals surface area (Å²) >= 11 is 0. The first-order valence-corrected chi connectivity index (χ1v) is 8.34. The lowest BCUT2D eigenvalue weighted by Crippen LogP contribution is -2.11. The van der Waals surface area contributed by atoms with Crippen molar-refractivity contribution in [2.45, 2.75) is 39.5 Å². The van der Waals surface area contributed by atoms with Crippen LogP contribution < -0.4 is 10.6 Å². The largest absolute Gasteiger partial charge is 0.385 e. The number of nitrogens with zero attached hydrogens (tertiary/aromatic N) is 2. The Bertz CT molecular complexity index is 647. The minimum absolute atomic E-state index is 0.150. The molecule has 1 aromatic carbocycles. The molecule has 2 aromatic rings. The van der Waals surface area contributed by atoms with Crippen LogP contribution in [0, 0.1) is 6.92 Å². The highest BCUT2D eigenvalue weighted by molar-refractivity contribution is 5.56. The van der Waals surface area contributed by atoms with Crippen molar-refractivity contribution in [1.29, 1.82) is 0 Å². The van der Waals surface area contributed by atoms with Crippen molar-refractivity contribution in [3.8, 4) is 0 Å². The molecule has 130 valence electrons. The fourth-order valence-electron chi connectivity index (χ4n) is 2.33. The van der Waals surface area contributed by atoms with Crippen LogP contribution in [0.5, 0.6) is 0 Å². The van der Waals surface area contributed by atoms with Crippen LogP contribution in [0.3, 0.4) is 0 Å². The third kappa shape index (κ3) is 5.49. The van der Waals surface area contributed by atoms with Crippen LogP contribution >= 0.6 is 0 Å². The van der Waals surface area contributed by atoms with Crippen molar-refractivity contribution < 1.29 is 4.74 Å². The zero-order chi connectivity index (χ0) is 17.6. The number of aryl methyl sites for hydroxylation is 1. The highest BCUT2D eigenvalue weighted by Crippen LogP contribution is 2.24. The summed E-state index contributed by atoms with van der Waals surface area (Å²) in [6.07, 6.45) is 0.941. The Morgan fingerprint density at radius 2 is 1.79 bits per heavy atom. The summed E-state index contributed by atoms with van der Waals surface area (Å²) < 4.78 is 5.05. The summed E-state index contributed by atoms with van der Waals surface area (Å²) in [6, 6.07) is 10.4. The number of hydrogen-bond donors (Lipinski definition) is 2. The molecule has 5 heteroatoms. The van der Waals surface area contributed by atoms with Gasteiger partial charge in [-0.15, -0.1) is 0 Å². The molecule has 0 aliphatic rings.